The molecule has 0 radical (unpaired) electrons. The lowest BCUT2D eigenvalue weighted by Gasteiger charge is -2.10. The van der Waals surface area contributed by atoms with E-state index in [0.717, 1.165) is 0 Å². The summed E-state index contributed by atoms with van der Waals surface area (Å²) in [5.41, 5.74) is 0.259. The van der Waals surface area contributed by atoms with Gasteiger partial charge in [0.15, 0.2) is 0 Å². The molecule has 0 fully saturated rings. The van der Waals surface area contributed by atoms with Crippen molar-refractivity contribution in [3.63, 3.8) is 0 Å². The molecule has 1 aromatic carbocycles. The minimum absolute atomic E-state index is 0.147. The van der Waals surface area contributed by atoms with Gasteiger partial charge in [-0.15, -0.1) is 0 Å². The number of ether oxygens (including phenoxy) is 1. The van der Waals surface area contributed by atoms with Crippen LogP contribution >= 0.6 is 0 Å². The van der Waals surface area contributed by atoms with Gasteiger partial charge in [-0.3, -0.25) is 4.79 Å². The molecule has 0 saturated heterocycles. The zero-order valence-electron chi connectivity index (χ0n) is 12.5. The molecule has 122 valence electrons. The molecule has 0 aliphatic rings. The Morgan fingerprint density at radius 2 is 2.08 bits per heavy atom. The van der Waals surface area contributed by atoms with E-state index in [2.05, 4.69) is 5.32 Å². The van der Waals surface area contributed by atoms with Crippen LogP contribution in [0.3, 0.4) is 0 Å². The van der Waals surface area contributed by atoms with Crippen LogP contribution in [0, 0.1) is 11.3 Å². The summed E-state index contributed by atoms with van der Waals surface area (Å²) in [6.45, 7) is -0.481. The molecule has 0 aliphatic heterocycles. The number of nitrogens with one attached hydrogen (secondary N) is 1. The first kappa shape index (κ1) is 16.8. The Balaban J connectivity index is 2.13. The van der Waals surface area contributed by atoms with Crippen molar-refractivity contribution in [1.29, 1.82) is 5.26 Å². The Bertz CT molecular complexity index is 788. The van der Waals surface area contributed by atoms with Gasteiger partial charge < -0.3 is 24.4 Å². The highest BCUT2D eigenvalue weighted by Gasteiger charge is 2.11. The Labute approximate surface area is 137 Å². The first-order valence-corrected chi connectivity index (χ1v) is 6.94. The molecule has 24 heavy (non-hydrogen) atoms. The van der Waals surface area contributed by atoms with Gasteiger partial charge in [-0.1, -0.05) is 18.2 Å². The smallest absolute Gasteiger partial charge is 0.262 e. The van der Waals surface area contributed by atoms with Gasteiger partial charge in [0, 0.05) is 5.56 Å². The number of para-hydroxylation sites is 1. The van der Waals surface area contributed by atoms with Crippen LogP contribution < -0.4 is 15.2 Å². The first-order chi connectivity index (χ1) is 11.6. The maximum atomic E-state index is 12.1. The number of benzene rings is 1. The minimum Gasteiger partial charge on any atom is -0.546 e. The lowest BCUT2D eigenvalue weighted by Crippen LogP contribution is -2.29. The fourth-order valence-corrected chi connectivity index (χ4v) is 1.85. The standard InChI is InChI=1S/C17H14N2O5/c18-9-13(17(22)19-10-14-5-3-7-23-14)8-12-4-1-2-6-15(12)24-11-16(20)21/h1-8H,10-11H2,(H,19,22)(H,20,21)/p-1/b13-8+. The molecule has 1 aromatic heterocycles. The van der Waals surface area contributed by atoms with Crippen LogP contribution in [0.2, 0.25) is 0 Å². The van der Waals surface area contributed by atoms with E-state index in [1.807, 2.05) is 0 Å². The molecular weight excluding hydrogens is 312 g/mol. The summed E-state index contributed by atoms with van der Waals surface area (Å²) in [5.74, 6) is -1.17. The number of carboxylic acids is 1. The van der Waals surface area contributed by atoms with Gasteiger partial charge in [-0.05, 0) is 24.3 Å². The minimum atomic E-state index is -1.37. The van der Waals surface area contributed by atoms with E-state index in [9.17, 15) is 20.0 Å². The van der Waals surface area contributed by atoms with E-state index in [-0.39, 0.29) is 17.9 Å². The SMILES string of the molecule is N#C/C(=C\c1ccccc1OCC(=O)[O-])C(=O)NCc1ccco1. The summed E-state index contributed by atoms with van der Waals surface area (Å²) in [5, 5.41) is 22.2. The van der Waals surface area contributed by atoms with E-state index in [4.69, 9.17) is 9.15 Å². The number of furan rings is 1. The number of carboxylic acid groups (broad SMARTS) is 1. The Hall–Kier alpha value is -3.53. The number of nitrogens with zero attached hydrogens (tertiary/aromatic N) is 1. The summed E-state index contributed by atoms with van der Waals surface area (Å²) in [6.07, 6.45) is 2.80. The fraction of sp³-hybridized carbons (Fsp3) is 0.118. The van der Waals surface area contributed by atoms with Crippen molar-refractivity contribution in [2.24, 2.45) is 0 Å². The molecule has 2 aromatic rings. The van der Waals surface area contributed by atoms with Crippen molar-refractivity contribution in [2.75, 3.05) is 6.61 Å². The number of hydrogen-bond donors (Lipinski definition) is 1. The highest BCUT2D eigenvalue weighted by Crippen LogP contribution is 2.21. The van der Waals surface area contributed by atoms with Gasteiger partial charge in [-0.25, -0.2) is 0 Å². The lowest BCUT2D eigenvalue weighted by molar-refractivity contribution is -0.307. The van der Waals surface area contributed by atoms with Crippen molar-refractivity contribution in [3.8, 4) is 11.8 Å². The summed E-state index contributed by atoms with van der Waals surface area (Å²) < 4.78 is 10.2. The van der Waals surface area contributed by atoms with Gasteiger partial charge in [0.1, 0.15) is 29.8 Å². The van der Waals surface area contributed by atoms with E-state index < -0.39 is 18.5 Å². The molecular formula is C17H13N2O5-. The average Bonchev–Trinajstić information content (AvgIpc) is 3.10. The van der Waals surface area contributed by atoms with Crippen LogP contribution in [-0.2, 0) is 16.1 Å². The molecule has 1 heterocycles. The quantitative estimate of drug-likeness (QED) is 0.590. The van der Waals surface area contributed by atoms with Crippen molar-refractivity contribution in [3.05, 3.63) is 59.6 Å². The topological polar surface area (TPSA) is 115 Å². The third kappa shape index (κ3) is 4.74. The van der Waals surface area contributed by atoms with Crippen molar-refractivity contribution < 1.29 is 23.8 Å². The monoisotopic (exact) mass is 325 g/mol. The summed E-state index contributed by atoms with van der Waals surface area (Å²) in [7, 11) is 0. The number of hydrogen-bond acceptors (Lipinski definition) is 6. The highest BCUT2D eigenvalue weighted by molar-refractivity contribution is 6.01. The number of carbonyl (C=O) groups is 2. The van der Waals surface area contributed by atoms with Crippen LogP contribution in [0.4, 0.5) is 0 Å². The first-order valence-electron chi connectivity index (χ1n) is 6.94. The molecule has 1 N–H and O–H groups in total. The van der Waals surface area contributed by atoms with E-state index in [1.54, 1.807) is 36.4 Å². The van der Waals surface area contributed by atoms with Crippen molar-refractivity contribution in [2.45, 2.75) is 6.54 Å². The molecule has 0 bridgehead atoms. The normalized spacial score (nSPS) is 10.7. The van der Waals surface area contributed by atoms with Crippen LogP contribution in [0.25, 0.3) is 6.08 Å². The highest BCUT2D eigenvalue weighted by atomic mass is 16.5. The second-order valence-electron chi connectivity index (χ2n) is 4.63. The predicted molar refractivity (Wildman–Crippen MR) is 81.1 cm³/mol. The number of amides is 1. The van der Waals surface area contributed by atoms with Gasteiger partial charge in [-0.2, -0.15) is 5.26 Å². The van der Waals surface area contributed by atoms with Crippen molar-refractivity contribution >= 4 is 18.0 Å². The molecule has 1 amide bonds. The number of carbonyl (C=O) groups excluding carboxylic acids is 2. The van der Waals surface area contributed by atoms with Gasteiger partial charge in [0.2, 0.25) is 0 Å². The van der Waals surface area contributed by atoms with Gasteiger partial charge in [0.05, 0.1) is 18.8 Å². The molecule has 2 rings (SSSR count). The largest absolute Gasteiger partial charge is 0.546 e. The summed E-state index contributed by atoms with van der Waals surface area (Å²) in [4.78, 5) is 22.6. The maximum Gasteiger partial charge on any atom is 0.262 e. The van der Waals surface area contributed by atoms with Crippen molar-refractivity contribution in [1.82, 2.24) is 5.32 Å². The molecule has 0 aliphatic carbocycles. The zero-order valence-corrected chi connectivity index (χ0v) is 12.5. The molecule has 0 unspecified atom stereocenters. The molecule has 0 saturated carbocycles. The van der Waals surface area contributed by atoms with E-state index in [0.29, 0.717) is 11.3 Å². The van der Waals surface area contributed by atoms with E-state index >= 15 is 0 Å². The predicted octanol–water partition coefficient (Wildman–Crippen LogP) is 0.632. The van der Waals surface area contributed by atoms with Crippen LogP contribution in [0.15, 0.2) is 52.7 Å². The number of aliphatic carboxylic acids is 1. The van der Waals surface area contributed by atoms with Gasteiger partial charge in [0.25, 0.3) is 5.91 Å². The van der Waals surface area contributed by atoms with E-state index in [1.165, 1.54) is 18.4 Å². The lowest BCUT2D eigenvalue weighted by atomic mass is 10.1. The third-order valence-electron chi connectivity index (χ3n) is 2.93. The maximum absolute atomic E-state index is 12.1. The average molecular weight is 325 g/mol. The number of nitriles is 1. The Morgan fingerprint density at radius 3 is 2.75 bits per heavy atom. The Kier molecular flexibility index (Phi) is 5.75. The zero-order chi connectivity index (χ0) is 17.4. The van der Waals surface area contributed by atoms with Crippen LogP contribution in [-0.4, -0.2) is 18.5 Å². The third-order valence-corrected chi connectivity index (χ3v) is 2.93. The van der Waals surface area contributed by atoms with Crippen LogP contribution in [0.5, 0.6) is 5.75 Å². The fourth-order valence-electron chi connectivity index (χ4n) is 1.85. The summed E-state index contributed by atoms with van der Waals surface area (Å²) in [6, 6.07) is 11.6. The number of rotatable bonds is 7. The second kappa shape index (κ2) is 8.19. The second-order valence-corrected chi connectivity index (χ2v) is 4.63. The Morgan fingerprint density at radius 1 is 1.29 bits per heavy atom. The molecule has 0 spiro atoms. The molecule has 7 heteroatoms. The van der Waals surface area contributed by atoms with Gasteiger partial charge >= 0.3 is 0 Å². The van der Waals surface area contributed by atoms with Crippen LogP contribution in [0.1, 0.15) is 11.3 Å². The molecule has 0 atom stereocenters. The molecule has 7 nitrogen and oxygen atoms in total. The summed E-state index contributed by atoms with van der Waals surface area (Å²) >= 11 is 0.